The Balaban J connectivity index is 1.67. The van der Waals surface area contributed by atoms with Crippen LogP contribution in [0, 0.1) is 5.92 Å². The fourth-order valence-corrected chi connectivity index (χ4v) is 4.20. The van der Waals surface area contributed by atoms with Gasteiger partial charge < -0.3 is 10.2 Å². The Labute approximate surface area is 147 Å². The second-order valence-electron chi connectivity index (χ2n) is 7.51. The van der Waals surface area contributed by atoms with Gasteiger partial charge in [-0.1, -0.05) is 24.3 Å². The first-order chi connectivity index (χ1) is 11.9. The third-order valence-corrected chi connectivity index (χ3v) is 5.72. The first-order valence-electron chi connectivity index (χ1n) is 8.77. The predicted molar refractivity (Wildman–Crippen MR) is 97.3 cm³/mol. The number of carbonyl (C=O) groups is 1. The number of carbonyl (C=O) groups excluding carboxylic acids is 1. The molecule has 2 atom stereocenters. The van der Waals surface area contributed by atoms with Crippen LogP contribution >= 0.6 is 0 Å². The zero-order valence-corrected chi connectivity index (χ0v) is 14.4. The molecular formula is C22H22O3. The molecule has 2 aromatic rings. The highest BCUT2D eigenvalue weighted by Crippen LogP contribution is 2.39. The first kappa shape index (κ1) is 15.9. The van der Waals surface area contributed by atoms with Crippen LogP contribution in [0.5, 0.6) is 11.5 Å². The van der Waals surface area contributed by atoms with E-state index in [1.165, 1.54) is 22.8 Å². The topological polar surface area (TPSA) is 57.5 Å². The van der Waals surface area contributed by atoms with Gasteiger partial charge in [-0.05, 0) is 78.5 Å². The minimum absolute atomic E-state index is 0.0443. The zero-order valence-electron chi connectivity index (χ0n) is 14.4. The summed E-state index contributed by atoms with van der Waals surface area (Å²) in [5.74, 6) is 0.436. The van der Waals surface area contributed by atoms with E-state index in [1.807, 2.05) is 0 Å². The summed E-state index contributed by atoms with van der Waals surface area (Å²) in [4.78, 5) is 12.7. The molecule has 0 saturated carbocycles. The average molecular weight is 334 g/mol. The Bertz CT molecular complexity index is 894. The molecule has 0 heterocycles. The smallest absolute Gasteiger partial charge is 0.163 e. The fourth-order valence-electron chi connectivity index (χ4n) is 4.20. The highest BCUT2D eigenvalue weighted by molar-refractivity contribution is 5.99. The quantitative estimate of drug-likeness (QED) is 0.636. The summed E-state index contributed by atoms with van der Waals surface area (Å²) in [6.45, 7) is 6.17. The van der Waals surface area contributed by atoms with E-state index in [4.69, 9.17) is 0 Å². The van der Waals surface area contributed by atoms with Gasteiger partial charge in [-0.3, -0.25) is 4.79 Å². The lowest BCUT2D eigenvalue weighted by atomic mass is 9.78. The third kappa shape index (κ3) is 2.74. The van der Waals surface area contributed by atoms with Gasteiger partial charge in [0.25, 0.3) is 0 Å². The maximum Gasteiger partial charge on any atom is 0.163 e. The van der Waals surface area contributed by atoms with Crippen LogP contribution in [-0.2, 0) is 19.3 Å². The van der Waals surface area contributed by atoms with Crippen LogP contribution < -0.4 is 0 Å². The van der Waals surface area contributed by atoms with Crippen LogP contribution in [-0.4, -0.2) is 16.0 Å². The monoisotopic (exact) mass is 334 g/mol. The summed E-state index contributed by atoms with van der Waals surface area (Å²) in [6, 6.07) is 9.16. The van der Waals surface area contributed by atoms with E-state index in [0.717, 1.165) is 36.0 Å². The Morgan fingerprint density at radius 2 is 1.68 bits per heavy atom. The second kappa shape index (κ2) is 5.76. The summed E-state index contributed by atoms with van der Waals surface area (Å²) >= 11 is 0. The Morgan fingerprint density at radius 1 is 0.960 bits per heavy atom. The number of phenolic OH excluding ortho intramolecular Hbond substituents is 2. The standard InChI is InChI=1S/C22H22O3/c1-12(2)14-5-15-7-18-8-17(13-3-4-20(23)22(25)10-13)11-21(24)19(18)9-16(15)6-14/h3-4,7,9-10,14,17,23,25H,1,5-6,8,11H2,2H3/t14?,17-/m0/s1. The van der Waals surface area contributed by atoms with Gasteiger partial charge in [0.15, 0.2) is 17.3 Å². The molecule has 128 valence electrons. The van der Waals surface area contributed by atoms with Gasteiger partial charge in [0.2, 0.25) is 0 Å². The van der Waals surface area contributed by atoms with Crippen molar-refractivity contribution in [2.24, 2.45) is 5.92 Å². The Hall–Kier alpha value is -2.55. The lowest BCUT2D eigenvalue weighted by Gasteiger charge is -2.25. The summed E-state index contributed by atoms with van der Waals surface area (Å²) in [5, 5.41) is 19.3. The number of allylic oxidation sites excluding steroid dienone is 1. The molecule has 0 aromatic heterocycles. The summed E-state index contributed by atoms with van der Waals surface area (Å²) in [7, 11) is 0. The number of phenols is 2. The molecule has 1 unspecified atom stereocenters. The van der Waals surface area contributed by atoms with Crippen molar-refractivity contribution in [2.75, 3.05) is 0 Å². The van der Waals surface area contributed by atoms with E-state index in [0.29, 0.717) is 12.3 Å². The van der Waals surface area contributed by atoms with Gasteiger partial charge in [-0.2, -0.15) is 0 Å². The Morgan fingerprint density at radius 3 is 2.36 bits per heavy atom. The molecule has 2 aromatic carbocycles. The van der Waals surface area contributed by atoms with E-state index < -0.39 is 0 Å². The van der Waals surface area contributed by atoms with Crippen molar-refractivity contribution >= 4 is 5.78 Å². The molecule has 0 spiro atoms. The lowest BCUT2D eigenvalue weighted by Crippen LogP contribution is -2.19. The van der Waals surface area contributed by atoms with Crippen LogP contribution in [0.3, 0.4) is 0 Å². The molecule has 2 aliphatic carbocycles. The molecule has 3 nitrogen and oxygen atoms in total. The third-order valence-electron chi connectivity index (χ3n) is 5.72. The summed E-state index contributed by atoms with van der Waals surface area (Å²) in [6.07, 6.45) is 3.23. The van der Waals surface area contributed by atoms with Gasteiger partial charge in [-0.15, -0.1) is 0 Å². The number of hydrogen-bond donors (Lipinski definition) is 2. The van der Waals surface area contributed by atoms with Gasteiger partial charge in [-0.25, -0.2) is 0 Å². The molecule has 0 aliphatic heterocycles. The van der Waals surface area contributed by atoms with Crippen LogP contribution in [0.1, 0.15) is 51.9 Å². The van der Waals surface area contributed by atoms with E-state index in [2.05, 4.69) is 25.6 Å². The van der Waals surface area contributed by atoms with Crippen LogP contribution in [0.2, 0.25) is 0 Å². The molecule has 3 heteroatoms. The number of Topliss-reactive ketones (excluding diaryl/α,β-unsaturated/α-hetero) is 1. The second-order valence-corrected chi connectivity index (χ2v) is 7.51. The van der Waals surface area contributed by atoms with Crippen molar-refractivity contribution in [1.29, 1.82) is 0 Å². The first-order valence-corrected chi connectivity index (χ1v) is 8.77. The van der Waals surface area contributed by atoms with E-state index >= 15 is 0 Å². The molecule has 0 saturated heterocycles. The lowest BCUT2D eigenvalue weighted by molar-refractivity contribution is 0.0964. The van der Waals surface area contributed by atoms with E-state index in [1.54, 1.807) is 12.1 Å². The van der Waals surface area contributed by atoms with Crippen LogP contribution in [0.15, 0.2) is 42.5 Å². The highest BCUT2D eigenvalue weighted by Gasteiger charge is 2.30. The molecule has 2 aliphatic rings. The van der Waals surface area contributed by atoms with Crippen molar-refractivity contribution in [3.63, 3.8) is 0 Å². The molecule has 0 fully saturated rings. The zero-order chi connectivity index (χ0) is 17.7. The maximum atomic E-state index is 12.7. The van der Waals surface area contributed by atoms with Gasteiger partial charge >= 0.3 is 0 Å². The van der Waals surface area contributed by atoms with Gasteiger partial charge in [0.05, 0.1) is 0 Å². The number of aromatic hydroxyl groups is 2. The van der Waals surface area contributed by atoms with E-state index in [-0.39, 0.29) is 23.2 Å². The van der Waals surface area contributed by atoms with Crippen molar-refractivity contribution in [3.05, 3.63) is 70.3 Å². The molecule has 25 heavy (non-hydrogen) atoms. The summed E-state index contributed by atoms with van der Waals surface area (Å²) < 4.78 is 0. The molecule has 4 rings (SSSR count). The SMILES string of the molecule is C=C(C)C1Cc2cc3c(cc2C1)C(=O)C[C@@H](c1ccc(O)c(O)c1)C3. The highest BCUT2D eigenvalue weighted by atomic mass is 16.3. The molecule has 0 amide bonds. The molecular weight excluding hydrogens is 312 g/mol. The number of hydrogen-bond acceptors (Lipinski definition) is 3. The maximum absolute atomic E-state index is 12.7. The Kier molecular flexibility index (Phi) is 3.68. The molecule has 0 bridgehead atoms. The number of rotatable bonds is 2. The fraction of sp³-hybridized carbons (Fsp3) is 0.318. The molecule has 0 radical (unpaired) electrons. The van der Waals surface area contributed by atoms with Crippen molar-refractivity contribution in [1.82, 2.24) is 0 Å². The van der Waals surface area contributed by atoms with E-state index in [9.17, 15) is 15.0 Å². The number of fused-ring (bicyclic) bond motifs is 2. The molecule has 2 N–H and O–H groups in total. The normalized spacial score (nSPS) is 21.7. The minimum atomic E-state index is -0.131. The van der Waals surface area contributed by atoms with Crippen molar-refractivity contribution < 1.29 is 15.0 Å². The average Bonchev–Trinajstić information content (AvgIpc) is 2.99. The largest absolute Gasteiger partial charge is 0.504 e. The number of ketones is 1. The predicted octanol–water partition coefficient (Wildman–Crippen LogP) is 4.30. The van der Waals surface area contributed by atoms with Crippen LogP contribution in [0.4, 0.5) is 0 Å². The number of benzene rings is 2. The van der Waals surface area contributed by atoms with Crippen molar-refractivity contribution in [2.45, 2.75) is 38.5 Å². The van der Waals surface area contributed by atoms with Gasteiger partial charge in [0.1, 0.15) is 0 Å². The van der Waals surface area contributed by atoms with Crippen LogP contribution in [0.25, 0.3) is 0 Å². The minimum Gasteiger partial charge on any atom is -0.504 e. The summed E-state index contributed by atoms with van der Waals surface area (Å²) in [5.41, 5.74) is 6.71. The van der Waals surface area contributed by atoms with Gasteiger partial charge in [0, 0.05) is 12.0 Å². The van der Waals surface area contributed by atoms with Crippen molar-refractivity contribution in [3.8, 4) is 11.5 Å².